The third kappa shape index (κ3) is 2.64. The Morgan fingerprint density at radius 3 is 3.00 bits per heavy atom. The van der Waals surface area contributed by atoms with E-state index in [1.807, 2.05) is 6.92 Å². The quantitative estimate of drug-likeness (QED) is 0.818. The zero-order valence-corrected chi connectivity index (χ0v) is 13.7. The second kappa shape index (κ2) is 5.21. The fraction of sp³-hybridized carbons (Fsp3) is 0.500. The summed E-state index contributed by atoms with van der Waals surface area (Å²) >= 11 is 7.20. The standard InChI is InChI=1S/C16H19N3S2/c1-9-17-13-5-4-12(8-15(13)21-9)18-16(20)19-14-7-10-2-3-11(14)6-10/h4-5,8,10-11,14H,2-3,6-7H2,1H3,(H2,18,19,20)/t10-,11-,14-/m1/s1. The van der Waals surface area contributed by atoms with E-state index in [2.05, 4.69) is 33.8 Å². The van der Waals surface area contributed by atoms with Gasteiger partial charge in [0.1, 0.15) is 0 Å². The van der Waals surface area contributed by atoms with Gasteiger partial charge in [0, 0.05) is 11.7 Å². The number of aryl methyl sites for hydroxylation is 1. The molecule has 3 atom stereocenters. The van der Waals surface area contributed by atoms with Crippen molar-refractivity contribution in [2.45, 2.75) is 38.6 Å². The first-order chi connectivity index (χ1) is 10.2. The summed E-state index contributed by atoms with van der Waals surface area (Å²) in [5, 5.41) is 8.71. The van der Waals surface area contributed by atoms with Crippen molar-refractivity contribution >= 4 is 44.6 Å². The Bertz CT molecular complexity index is 694. The molecule has 0 radical (unpaired) electrons. The Morgan fingerprint density at radius 1 is 1.33 bits per heavy atom. The molecule has 3 nitrogen and oxygen atoms in total. The third-order valence-electron chi connectivity index (χ3n) is 4.81. The van der Waals surface area contributed by atoms with E-state index in [1.165, 1.54) is 30.4 Å². The molecule has 0 spiro atoms. The average molecular weight is 317 g/mol. The lowest BCUT2D eigenvalue weighted by molar-refractivity contribution is 0.392. The van der Waals surface area contributed by atoms with Crippen molar-refractivity contribution in [3.8, 4) is 0 Å². The van der Waals surface area contributed by atoms with Crippen molar-refractivity contribution in [3.63, 3.8) is 0 Å². The van der Waals surface area contributed by atoms with E-state index in [0.29, 0.717) is 6.04 Å². The van der Waals surface area contributed by atoms with Crippen LogP contribution in [-0.4, -0.2) is 16.1 Å². The number of nitrogens with zero attached hydrogens (tertiary/aromatic N) is 1. The van der Waals surface area contributed by atoms with Crippen LogP contribution in [0.2, 0.25) is 0 Å². The van der Waals surface area contributed by atoms with Gasteiger partial charge >= 0.3 is 0 Å². The lowest BCUT2D eigenvalue weighted by Crippen LogP contribution is -2.40. The number of benzene rings is 1. The molecule has 0 saturated heterocycles. The Labute approximate surface area is 134 Å². The molecule has 5 heteroatoms. The Balaban J connectivity index is 1.43. The van der Waals surface area contributed by atoms with Crippen LogP contribution in [0.1, 0.15) is 30.7 Å². The van der Waals surface area contributed by atoms with Crippen molar-refractivity contribution in [2.24, 2.45) is 11.8 Å². The van der Waals surface area contributed by atoms with Gasteiger partial charge in [-0.1, -0.05) is 6.42 Å². The second-order valence-electron chi connectivity index (χ2n) is 6.30. The number of anilines is 1. The summed E-state index contributed by atoms with van der Waals surface area (Å²) in [7, 11) is 0. The highest BCUT2D eigenvalue weighted by atomic mass is 32.1. The molecule has 21 heavy (non-hydrogen) atoms. The third-order valence-corrected chi connectivity index (χ3v) is 5.96. The maximum Gasteiger partial charge on any atom is 0.171 e. The van der Waals surface area contributed by atoms with Gasteiger partial charge in [0.2, 0.25) is 0 Å². The first-order valence-electron chi connectivity index (χ1n) is 7.62. The van der Waals surface area contributed by atoms with Crippen molar-refractivity contribution < 1.29 is 0 Å². The molecule has 1 heterocycles. The first kappa shape index (κ1) is 13.5. The van der Waals surface area contributed by atoms with Gasteiger partial charge in [-0.3, -0.25) is 0 Å². The van der Waals surface area contributed by atoms with Gasteiger partial charge in [0.25, 0.3) is 0 Å². The SMILES string of the molecule is Cc1nc2ccc(NC(=S)N[C@@H]3C[C@@H]4CC[C@@H]3C4)cc2s1. The van der Waals surface area contributed by atoms with Crippen molar-refractivity contribution in [2.75, 3.05) is 5.32 Å². The maximum atomic E-state index is 5.48. The summed E-state index contributed by atoms with van der Waals surface area (Å²) in [6, 6.07) is 6.82. The Morgan fingerprint density at radius 2 is 2.24 bits per heavy atom. The molecule has 2 aliphatic carbocycles. The predicted molar refractivity (Wildman–Crippen MR) is 92.9 cm³/mol. The van der Waals surface area contributed by atoms with Crippen LogP contribution in [0.15, 0.2) is 18.2 Å². The molecular weight excluding hydrogens is 298 g/mol. The fourth-order valence-corrected chi connectivity index (χ4v) is 5.01. The smallest absolute Gasteiger partial charge is 0.171 e. The van der Waals surface area contributed by atoms with Crippen LogP contribution in [0.25, 0.3) is 10.2 Å². The van der Waals surface area contributed by atoms with Gasteiger partial charge in [-0.15, -0.1) is 11.3 Å². The largest absolute Gasteiger partial charge is 0.359 e. The van der Waals surface area contributed by atoms with Gasteiger partial charge in [-0.25, -0.2) is 4.98 Å². The van der Waals surface area contributed by atoms with Crippen LogP contribution in [0.5, 0.6) is 0 Å². The van der Waals surface area contributed by atoms with Gasteiger partial charge in [0.05, 0.1) is 15.2 Å². The van der Waals surface area contributed by atoms with Crippen molar-refractivity contribution in [1.29, 1.82) is 0 Å². The molecule has 1 aromatic heterocycles. The summed E-state index contributed by atoms with van der Waals surface area (Å²) < 4.78 is 1.21. The summed E-state index contributed by atoms with van der Waals surface area (Å²) in [4.78, 5) is 4.48. The number of hydrogen-bond donors (Lipinski definition) is 2. The summed E-state index contributed by atoms with van der Waals surface area (Å²) in [5.41, 5.74) is 2.11. The molecule has 2 saturated carbocycles. The molecule has 0 aliphatic heterocycles. The highest BCUT2D eigenvalue weighted by molar-refractivity contribution is 7.80. The van der Waals surface area contributed by atoms with E-state index in [1.54, 1.807) is 11.3 Å². The molecular formula is C16H19N3S2. The normalized spacial score (nSPS) is 27.2. The summed E-state index contributed by atoms with van der Waals surface area (Å²) in [6.45, 7) is 2.04. The summed E-state index contributed by atoms with van der Waals surface area (Å²) in [6.07, 6.45) is 5.48. The van der Waals surface area contributed by atoms with Crippen molar-refractivity contribution in [3.05, 3.63) is 23.2 Å². The van der Waals surface area contributed by atoms with Gasteiger partial charge < -0.3 is 10.6 Å². The molecule has 0 amide bonds. The number of thiazole rings is 1. The topological polar surface area (TPSA) is 37.0 Å². The van der Waals surface area contributed by atoms with E-state index in [9.17, 15) is 0 Å². The minimum atomic E-state index is 0.582. The van der Waals surface area contributed by atoms with Crippen LogP contribution in [0.4, 0.5) is 5.69 Å². The van der Waals surface area contributed by atoms with Crippen LogP contribution >= 0.6 is 23.6 Å². The molecule has 110 valence electrons. The molecule has 2 aromatic rings. The first-order valence-corrected chi connectivity index (χ1v) is 8.84. The van der Waals surface area contributed by atoms with Gasteiger partial charge in [0.15, 0.2) is 5.11 Å². The highest BCUT2D eigenvalue weighted by Crippen LogP contribution is 2.44. The van der Waals surface area contributed by atoms with E-state index < -0.39 is 0 Å². The van der Waals surface area contributed by atoms with E-state index >= 15 is 0 Å². The number of hydrogen-bond acceptors (Lipinski definition) is 3. The van der Waals surface area contributed by atoms with E-state index in [4.69, 9.17) is 12.2 Å². The van der Waals surface area contributed by atoms with Crippen LogP contribution in [0.3, 0.4) is 0 Å². The molecule has 0 unspecified atom stereocenters. The molecule has 1 aromatic carbocycles. The van der Waals surface area contributed by atoms with Crippen LogP contribution in [0, 0.1) is 18.8 Å². The lowest BCUT2D eigenvalue weighted by Gasteiger charge is -2.24. The average Bonchev–Trinajstić information content (AvgIpc) is 3.11. The Hall–Kier alpha value is -1.20. The minimum absolute atomic E-state index is 0.582. The second-order valence-corrected chi connectivity index (χ2v) is 7.94. The minimum Gasteiger partial charge on any atom is -0.359 e. The number of aromatic nitrogens is 1. The predicted octanol–water partition coefficient (Wildman–Crippen LogP) is 4.08. The molecule has 2 bridgehead atoms. The van der Waals surface area contributed by atoms with Gasteiger partial charge in [-0.05, 0) is 68.4 Å². The monoisotopic (exact) mass is 317 g/mol. The summed E-state index contributed by atoms with van der Waals surface area (Å²) in [5.74, 6) is 1.77. The lowest BCUT2D eigenvalue weighted by atomic mass is 9.96. The molecule has 2 aliphatic rings. The maximum absolute atomic E-state index is 5.48. The molecule has 2 fully saturated rings. The zero-order chi connectivity index (χ0) is 14.4. The highest BCUT2D eigenvalue weighted by Gasteiger charge is 2.39. The van der Waals surface area contributed by atoms with Crippen LogP contribution in [-0.2, 0) is 0 Å². The van der Waals surface area contributed by atoms with Crippen molar-refractivity contribution in [1.82, 2.24) is 10.3 Å². The number of thiocarbonyl (C=S) groups is 1. The van der Waals surface area contributed by atoms with Crippen LogP contribution < -0.4 is 10.6 Å². The Kier molecular flexibility index (Phi) is 3.34. The van der Waals surface area contributed by atoms with E-state index in [0.717, 1.165) is 33.2 Å². The number of rotatable bonds is 2. The molecule has 2 N–H and O–H groups in total. The fourth-order valence-electron chi connectivity index (χ4n) is 3.87. The molecule has 4 rings (SSSR count). The van der Waals surface area contributed by atoms with Gasteiger partial charge in [-0.2, -0.15) is 0 Å². The zero-order valence-electron chi connectivity index (χ0n) is 12.1. The van der Waals surface area contributed by atoms with E-state index in [-0.39, 0.29) is 0 Å². The number of nitrogens with one attached hydrogen (secondary N) is 2. The number of fused-ring (bicyclic) bond motifs is 3.